The van der Waals surface area contributed by atoms with E-state index in [1.807, 2.05) is 12.2 Å². The van der Waals surface area contributed by atoms with Crippen LogP contribution < -0.4 is 0 Å². The van der Waals surface area contributed by atoms with Gasteiger partial charge in [0.15, 0.2) is 6.10 Å². The van der Waals surface area contributed by atoms with Crippen molar-refractivity contribution >= 4 is 25.7 Å². The number of esters is 3. The van der Waals surface area contributed by atoms with Gasteiger partial charge in [-0.3, -0.25) is 23.4 Å². The Hall–Kier alpha value is -4.12. The molecular weight excluding hydrogens is 952 g/mol. The smallest absolute Gasteiger partial charge is 0.461 e. The summed E-state index contributed by atoms with van der Waals surface area (Å²) >= 11 is 0. The van der Waals surface area contributed by atoms with E-state index in [-0.39, 0.29) is 19.3 Å². The molecule has 0 amide bonds. The molecule has 74 heavy (non-hydrogen) atoms. The summed E-state index contributed by atoms with van der Waals surface area (Å²) in [5, 5.41) is 9.81. The van der Waals surface area contributed by atoms with Crippen molar-refractivity contribution in [3.63, 3.8) is 0 Å². The van der Waals surface area contributed by atoms with Gasteiger partial charge in [0, 0.05) is 12.8 Å². The number of carbonyl (C=O) groups excluding carboxylic acids is 3. The third kappa shape index (κ3) is 52.7. The Labute approximate surface area is 449 Å². The molecule has 0 saturated carbocycles. The minimum atomic E-state index is -4.78. The largest absolute Gasteiger partial charge is 0.472 e. The fraction of sp³-hybridized carbons (Fsp3) is 0.629. The van der Waals surface area contributed by atoms with Crippen LogP contribution in [0.5, 0.6) is 0 Å². The highest BCUT2D eigenvalue weighted by molar-refractivity contribution is 7.47. The highest BCUT2D eigenvalue weighted by Crippen LogP contribution is 2.43. The highest BCUT2D eigenvalue weighted by Gasteiger charge is 2.28. The molecule has 0 aromatic carbocycles. The molecule has 2 N–H and O–H groups in total. The molecule has 0 rings (SSSR count). The van der Waals surface area contributed by atoms with Gasteiger partial charge in [0.25, 0.3) is 0 Å². The Kier molecular flexibility index (Phi) is 52.1. The third-order valence-electron chi connectivity index (χ3n) is 11.4. The Morgan fingerprint density at radius 2 is 0.743 bits per heavy atom. The number of aliphatic hydroxyl groups is 1. The van der Waals surface area contributed by atoms with E-state index >= 15 is 0 Å². The second-order valence-corrected chi connectivity index (χ2v) is 19.8. The van der Waals surface area contributed by atoms with Gasteiger partial charge >= 0.3 is 25.7 Å². The average molecular weight is 1050 g/mol. The minimum absolute atomic E-state index is 0.0178. The van der Waals surface area contributed by atoms with Crippen LogP contribution in [-0.2, 0) is 42.2 Å². The first-order valence-corrected chi connectivity index (χ1v) is 29.9. The average Bonchev–Trinajstić information content (AvgIpc) is 3.39. The monoisotopic (exact) mass is 1050 g/mol. The van der Waals surface area contributed by atoms with E-state index < -0.39 is 64.4 Å². The highest BCUT2D eigenvalue weighted by atomic mass is 31.2. The topological polar surface area (TPSA) is 155 Å². The standard InChI is InChI=1S/C62H101O11P/c1-4-7-10-13-16-19-22-25-28-29-32-35-38-41-44-47-50-53-62(66)73-59(55-69-60(64)51-48-45-42-39-36-33-30-26-23-20-17-14-11-8-5-2)57-71-74(67,68)70-56-58(54-63)72-61(65)52-49-46-43-40-37-34-31-27-24-21-18-15-12-9-6-3/h7-8,10-11,16-17,19-20,25-28,30-32,35-36,39,45,48,58-59,63H,4-6,9,12-15,18,21-24,29,33-34,37-38,40-44,46-47,49-57H2,1-3H3,(H,67,68)/b10-7-,11-8-,19-16-,20-17-,28-25-,30-26-,31-27-,35-32-,39-36-,48-45-. The zero-order valence-electron chi connectivity index (χ0n) is 46.3. The van der Waals surface area contributed by atoms with Crippen molar-refractivity contribution in [2.24, 2.45) is 0 Å². The molecule has 0 bridgehead atoms. The maximum absolute atomic E-state index is 12.9. The number of carbonyl (C=O) groups is 3. The first kappa shape index (κ1) is 69.9. The number of phosphoric acid groups is 1. The Bertz CT molecular complexity index is 1700. The van der Waals surface area contributed by atoms with Gasteiger partial charge < -0.3 is 24.2 Å². The normalized spacial score (nSPS) is 14.3. The molecular formula is C62H101O11P. The van der Waals surface area contributed by atoms with Crippen molar-refractivity contribution in [1.82, 2.24) is 0 Å². The van der Waals surface area contributed by atoms with Crippen LogP contribution in [0.4, 0.5) is 0 Å². The van der Waals surface area contributed by atoms with Crippen molar-refractivity contribution in [3.05, 3.63) is 122 Å². The second kappa shape index (κ2) is 55.1. The van der Waals surface area contributed by atoms with Crippen molar-refractivity contribution in [2.45, 2.75) is 226 Å². The second-order valence-electron chi connectivity index (χ2n) is 18.3. The molecule has 0 aliphatic rings. The van der Waals surface area contributed by atoms with Crippen LogP contribution in [0, 0.1) is 0 Å². The van der Waals surface area contributed by atoms with Gasteiger partial charge in [-0.2, -0.15) is 0 Å². The number of allylic oxidation sites excluding steroid dienone is 19. The summed E-state index contributed by atoms with van der Waals surface area (Å²) in [6.07, 6.45) is 67.6. The van der Waals surface area contributed by atoms with Gasteiger partial charge in [-0.1, -0.05) is 206 Å². The van der Waals surface area contributed by atoms with E-state index in [0.717, 1.165) is 116 Å². The lowest BCUT2D eigenvalue weighted by Gasteiger charge is -2.21. The molecule has 11 nitrogen and oxygen atoms in total. The van der Waals surface area contributed by atoms with E-state index in [4.69, 9.17) is 23.3 Å². The number of ether oxygens (including phenoxy) is 3. The summed E-state index contributed by atoms with van der Waals surface area (Å²) in [7, 11) is -4.78. The molecule has 0 aliphatic carbocycles. The zero-order valence-corrected chi connectivity index (χ0v) is 47.2. The number of hydrogen-bond donors (Lipinski definition) is 2. The summed E-state index contributed by atoms with van der Waals surface area (Å²) < 4.78 is 39.3. The minimum Gasteiger partial charge on any atom is -0.461 e. The van der Waals surface area contributed by atoms with E-state index in [2.05, 4.69) is 124 Å². The summed E-state index contributed by atoms with van der Waals surface area (Å²) in [4.78, 5) is 48.5. The van der Waals surface area contributed by atoms with E-state index in [9.17, 15) is 28.9 Å². The van der Waals surface area contributed by atoms with Crippen molar-refractivity contribution < 1.29 is 52.2 Å². The van der Waals surface area contributed by atoms with Gasteiger partial charge in [-0.25, -0.2) is 4.57 Å². The van der Waals surface area contributed by atoms with Crippen molar-refractivity contribution in [1.29, 1.82) is 0 Å². The lowest BCUT2D eigenvalue weighted by molar-refractivity contribution is -0.161. The van der Waals surface area contributed by atoms with Crippen LogP contribution in [-0.4, -0.2) is 66.5 Å². The number of unbranched alkanes of at least 4 members (excludes halogenated alkanes) is 15. The number of hydrogen-bond acceptors (Lipinski definition) is 10. The number of phosphoric ester groups is 1. The molecule has 0 aromatic rings. The van der Waals surface area contributed by atoms with E-state index in [0.29, 0.717) is 19.3 Å². The van der Waals surface area contributed by atoms with Crippen LogP contribution in [0.3, 0.4) is 0 Å². The molecule has 3 atom stereocenters. The SMILES string of the molecule is CC/C=C\C/C=C\C/C=C\C/C=C\C/C=C\CC(=O)OCC(COP(=O)(O)OCC(CO)OC(=O)CCCCCCC/C=C\CCCCCCCC)OC(=O)CCCCCC/C=C\C/C=C\C/C=C\C/C=C\CC. The lowest BCUT2D eigenvalue weighted by Crippen LogP contribution is -2.30. The summed E-state index contributed by atoms with van der Waals surface area (Å²) in [6, 6.07) is 0. The molecule has 0 radical (unpaired) electrons. The van der Waals surface area contributed by atoms with Gasteiger partial charge in [-0.15, -0.1) is 0 Å². The maximum atomic E-state index is 12.9. The zero-order chi connectivity index (χ0) is 54.1. The number of rotatable bonds is 51. The van der Waals surface area contributed by atoms with Crippen molar-refractivity contribution in [3.8, 4) is 0 Å². The molecule has 0 aliphatic heterocycles. The molecule has 0 heterocycles. The van der Waals surface area contributed by atoms with Crippen molar-refractivity contribution in [2.75, 3.05) is 26.4 Å². The van der Waals surface area contributed by atoms with Crippen LogP contribution in [0.15, 0.2) is 122 Å². The maximum Gasteiger partial charge on any atom is 0.472 e. The lowest BCUT2D eigenvalue weighted by atomic mass is 10.1. The molecule has 0 aromatic heterocycles. The molecule has 420 valence electrons. The number of aliphatic hydroxyl groups excluding tert-OH is 1. The Morgan fingerprint density at radius 3 is 1.16 bits per heavy atom. The fourth-order valence-corrected chi connectivity index (χ4v) is 7.90. The van der Waals surface area contributed by atoms with Crippen LogP contribution in [0.1, 0.15) is 213 Å². The predicted molar refractivity (Wildman–Crippen MR) is 306 cm³/mol. The van der Waals surface area contributed by atoms with Gasteiger partial charge in [0.05, 0.1) is 26.2 Å². The van der Waals surface area contributed by atoms with Crippen LogP contribution in [0.25, 0.3) is 0 Å². The predicted octanol–water partition coefficient (Wildman–Crippen LogP) is 16.8. The molecule has 0 spiro atoms. The van der Waals surface area contributed by atoms with E-state index in [1.54, 1.807) is 6.08 Å². The van der Waals surface area contributed by atoms with E-state index in [1.165, 1.54) is 38.5 Å². The molecule has 0 saturated heterocycles. The third-order valence-corrected chi connectivity index (χ3v) is 12.3. The summed E-state index contributed by atoms with van der Waals surface area (Å²) in [6.45, 7) is 4.25. The quantitative estimate of drug-likeness (QED) is 0.0197. The molecule has 0 fully saturated rings. The van der Waals surface area contributed by atoms with Gasteiger partial charge in [0.2, 0.25) is 0 Å². The first-order valence-electron chi connectivity index (χ1n) is 28.4. The summed E-state index contributed by atoms with van der Waals surface area (Å²) in [5.41, 5.74) is 0. The van der Waals surface area contributed by atoms with Crippen LogP contribution >= 0.6 is 7.82 Å². The Balaban J connectivity index is 4.89. The molecule has 12 heteroatoms. The first-order chi connectivity index (χ1) is 36.2. The van der Waals surface area contributed by atoms with Gasteiger partial charge in [-0.05, 0) is 109 Å². The fourth-order valence-electron chi connectivity index (χ4n) is 7.12. The Morgan fingerprint density at radius 1 is 0.405 bits per heavy atom. The van der Waals surface area contributed by atoms with Crippen LogP contribution in [0.2, 0.25) is 0 Å². The molecule has 3 unspecified atom stereocenters. The van der Waals surface area contributed by atoms with Gasteiger partial charge in [0.1, 0.15) is 12.7 Å². The summed E-state index contributed by atoms with van der Waals surface area (Å²) in [5.74, 6) is -1.67.